The van der Waals surface area contributed by atoms with Gasteiger partial charge in [0.2, 0.25) is 10.0 Å². The van der Waals surface area contributed by atoms with Gasteiger partial charge in [0.05, 0.1) is 27.8 Å². The van der Waals surface area contributed by atoms with Gasteiger partial charge >= 0.3 is 0 Å². The first-order valence-corrected chi connectivity index (χ1v) is 20.5. The summed E-state index contributed by atoms with van der Waals surface area (Å²) < 4.78 is 87.8. The highest BCUT2D eigenvalue weighted by atomic mass is 32.2. The van der Waals surface area contributed by atoms with Crippen LogP contribution in [0.3, 0.4) is 0 Å². The van der Waals surface area contributed by atoms with E-state index < -0.39 is 52.6 Å². The molecule has 0 aromatic heterocycles. The average Bonchev–Trinajstić information content (AvgIpc) is 3.05. The normalized spacial score (nSPS) is 13.1. The van der Waals surface area contributed by atoms with Gasteiger partial charge in [-0.15, -0.1) is 0 Å². The molecule has 0 spiro atoms. The Morgan fingerprint density at radius 2 is 1.08 bits per heavy atom. The summed E-state index contributed by atoms with van der Waals surface area (Å²) in [5.41, 5.74) is 6.94. The molecule has 0 heterocycles. The second-order valence-electron chi connectivity index (χ2n) is 11.8. The van der Waals surface area contributed by atoms with Crippen molar-refractivity contribution in [1.82, 2.24) is 0 Å². The van der Waals surface area contributed by atoms with Crippen LogP contribution in [0.2, 0.25) is 0 Å². The summed E-state index contributed by atoms with van der Waals surface area (Å²) in [5, 5.41) is 13.2. The number of benzene rings is 4. The lowest BCUT2D eigenvalue weighted by molar-refractivity contribution is 0.480. The number of nitrogens with two attached hydrogens (primary N) is 1. The van der Waals surface area contributed by atoms with Crippen LogP contribution in [0.1, 0.15) is 25.0 Å². The smallest absolute Gasteiger partial charge is 0.266 e. The molecule has 6 N–H and O–H groups in total. The number of aryl methyl sites for hydroxylation is 2. The van der Waals surface area contributed by atoms with Crippen molar-refractivity contribution < 1.29 is 34.4 Å². The van der Waals surface area contributed by atoms with Crippen molar-refractivity contribution in [3.05, 3.63) is 96.9 Å². The van der Waals surface area contributed by atoms with E-state index in [1.54, 1.807) is 60.0 Å². The van der Waals surface area contributed by atoms with Gasteiger partial charge in [0.15, 0.2) is 0 Å². The average molecular weight is 778 g/mol. The van der Waals surface area contributed by atoms with Crippen molar-refractivity contribution in [3.63, 3.8) is 0 Å². The minimum atomic E-state index is -4.23. The van der Waals surface area contributed by atoms with Gasteiger partial charge in [-0.3, -0.25) is 29.5 Å². The number of nitrogens with zero attached hydrogens (tertiary/aromatic N) is 4. The Hall–Kier alpha value is -4.73. The molecular formula is C32H39N7O10S3. The van der Waals surface area contributed by atoms with Crippen LogP contribution in [0.15, 0.2) is 79.3 Å². The van der Waals surface area contributed by atoms with Crippen molar-refractivity contribution in [2.45, 2.75) is 32.6 Å². The number of anilines is 4. The molecule has 0 unspecified atom stereocenters. The Kier molecular flexibility index (Phi) is 12.2. The molecule has 0 amide bonds. The lowest BCUT2D eigenvalue weighted by Gasteiger charge is -2.23. The molecular weight excluding hydrogens is 739 g/mol. The zero-order chi connectivity index (χ0) is 38.6. The highest BCUT2D eigenvalue weighted by molar-refractivity contribution is 7.89. The SMILES string of the molecule is CCN(CCS(=O)(=O)O)c1ccc(N/N=c2\c(=O)c(=O)/c(=N\Nc3ccc(N(CC)CCS(=O)(=O)O)cc3C)c3cc(S(N)(=O)=O)ccc23)c(C)c1. The van der Waals surface area contributed by atoms with Gasteiger partial charge in [-0.1, -0.05) is 6.07 Å². The summed E-state index contributed by atoms with van der Waals surface area (Å²) in [4.78, 5) is 30.1. The monoisotopic (exact) mass is 777 g/mol. The van der Waals surface area contributed by atoms with E-state index in [4.69, 9.17) is 14.2 Å². The van der Waals surface area contributed by atoms with Crippen LogP contribution in [0.25, 0.3) is 10.8 Å². The predicted molar refractivity (Wildman–Crippen MR) is 200 cm³/mol. The van der Waals surface area contributed by atoms with Gasteiger partial charge in [-0.25, -0.2) is 13.6 Å². The van der Waals surface area contributed by atoms with Crippen molar-refractivity contribution in [1.29, 1.82) is 0 Å². The number of rotatable bonds is 15. The fraction of sp³-hybridized carbons (Fsp3) is 0.312. The molecule has 4 aromatic rings. The fourth-order valence-electron chi connectivity index (χ4n) is 5.35. The second kappa shape index (κ2) is 15.9. The Labute approximate surface area is 300 Å². The lowest BCUT2D eigenvalue weighted by Crippen LogP contribution is -2.48. The summed E-state index contributed by atoms with van der Waals surface area (Å²) in [6.45, 7) is 8.12. The first-order valence-electron chi connectivity index (χ1n) is 15.8. The van der Waals surface area contributed by atoms with Crippen LogP contribution in [0, 0.1) is 13.8 Å². The third-order valence-corrected chi connectivity index (χ3v) is 10.5. The lowest BCUT2D eigenvalue weighted by atomic mass is 10.1. The summed E-state index contributed by atoms with van der Waals surface area (Å²) in [5.74, 6) is -0.918. The quantitative estimate of drug-likeness (QED) is 0.0641. The first-order chi connectivity index (χ1) is 24.2. The maximum atomic E-state index is 13.5. The Balaban J connectivity index is 1.77. The van der Waals surface area contributed by atoms with Crippen molar-refractivity contribution in [2.24, 2.45) is 15.3 Å². The molecule has 4 rings (SSSR count). The minimum absolute atomic E-state index is 0.0229. The minimum Gasteiger partial charge on any atom is -0.371 e. The molecule has 0 bridgehead atoms. The fourth-order valence-corrected chi connectivity index (χ4v) is 6.79. The summed E-state index contributed by atoms with van der Waals surface area (Å²) in [6, 6.07) is 13.7. The van der Waals surface area contributed by atoms with E-state index in [1.165, 1.54) is 12.1 Å². The van der Waals surface area contributed by atoms with Crippen LogP contribution in [-0.4, -0.2) is 72.0 Å². The second-order valence-corrected chi connectivity index (χ2v) is 16.5. The van der Waals surface area contributed by atoms with E-state index in [0.29, 0.717) is 47.0 Å². The van der Waals surface area contributed by atoms with Crippen LogP contribution in [0.4, 0.5) is 22.7 Å². The van der Waals surface area contributed by atoms with E-state index in [2.05, 4.69) is 21.1 Å². The largest absolute Gasteiger partial charge is 0.371 e. The molecule has 52 heavy (non-hydrogen) atoms. The van der Waals surface area contributed by atoms with Gasteiger partial charge in [0, 0.05) is 48.3 Å². The topological polar surface area (TPSA) is 258 Å². The number of fused-ring (bicyclic) bond motifs is 1. The third kappa shape index (κ3) is 9.98. The molecule has 0 aliphatic heterocycles. The summed E-state index contributed by atoms with van der Waals surface area (Å²) in [6.07, 6.45) is 0. The van der Waals surface area contributed by atoms with E-state index in [0.717, 1.165) is 6.07 Å². The van der Waals surface area contributed by atoms with Crippen LogP contribution in [0.5, 0.6) is 0 Å². The Morgan fingerprint density at radius 3 is 1.44 bits per heavy atom. The molecule has 0 fully saturated rings. The molecule has 0 atom stereocenters. The number of primary sulfonamides is 1. The number of hydrogen-bond acceptors (Lipinski definition) is 14. The summed E-state index contributed by atoms with van der Waals surface area (Å²) in [7, 11) is -12.6. The first kappa shape index (κ1) is 40.0. The van der Waals surface area contributed by atoms with Crippen LogP contribution in [-0.2, 0) is 30.3 Å². The highest BCUT2D eigenvalue weighted by Crippen LogP contribution is 2.24. The molecule has 0 aliphatic rings. The molecule has 0 aliphatic carbocycles. The number of nitrogens with one attached hydrogen (secondary N) is 2. The van der Waals surface area contributed by atoms with Crippen LogP contribution < -0.4 is 47.4 Å². The summed E-state index contributed by atoms with van der Waals surface area (Å²) >= 11 is 0. The molecule has 0 radical (unpaired) electrons. The standard InChI is InChI=1S/C32H39N7O10S3/c1-5-38(13-15-50(42,43)44)22-7-11-27(20(3)17-22)34-36-29-25-10-9-24(52(33,48)49)19-26(25)30(32(41)31(29)40)37-35-28-12-8-23(18-21(28)4)39(6-2)14-16-51(45,46)47/h7-12,17-19,34-35H,5-6,13-16H2,1-4H3,(H2,33,48,49)(H,42,43,44)(H,45,46,47)/b36-29-,37-30-. The molecule has 4 aromatic carbocycles. The molecule has 20 heteroatoms. The van der Waals surface area contributed by atoms with E-state index in [1.807, 2.05) is 13.8 Å². The van der Waals surface area contributed by atoms with Crippen LogP contribution >= 0.6 is 0 Å². The third-order valence-electron chi connectivity index (χ3n) is 8.19. The van der Waals surface area contributed by atoms with Gasteiger partial charge in [-0.2, -0.15) is 27.0 Å². The van der Waals surface area contributed by atoms with Gasteiger partial charge in [0.1, 0.15) is 10.7 Å². The molecule has 280 valence electrons. The van der Waals surface area contributed by atoms with Crippen molar-refractivity contribution >= 4 is 63.8 Å². The molecule has 17 nitrogen and oxygen atoms in total. The zero-order valence-electron chi connectivity index (χ0n) is 28.7. The van der Waals surface area contributed by atoms with Gasteiger partial charge < -0.3 is 9.80 Å². The predicted octanol–water partition coefficient (Wildman–Crippen LogP) is 0.984. The van der Waals surface area contributed by atoms with Gasteiger partial charge in [-0.05, 0) is 87.4 Å². The van der Waals surface area contributed by atoms with E-state index in [9.17, 15) is 34.8 Å². The van der Waals surface area contributed by atoms with E-state index >= 15 is 0 Å². The number of hydrogen-bond donors (Lipinski definition) is 5. The molecule has 0 saturated heterocycles. The van der Waals surface area contributed by atoms with Crippen molar-refractivity contribution in [2.75, 3.05) is 58.3 Å². The highest BCUT2D eigenvalue weighted by Gasteiger charge is 2.17. The Morgan fingerprint density at radius 1 is 0.654 bits per heavy atom. The molecule has 0 saturated carbocycles. The van der Waals surface area contributed by atoms with E-state index in [-0.39, 0.29) is 39.5 Å². The number of sulfonamides is 1. The Bertz CT molecular complexity index is 2570. The zero-order valence-corrected chi connectivity index (χ0v) is 31.1. The maximum absolute atomic E-state index is 13.5. The van der Waals surface area contributed by atoms with Gasteiger partial charge in [0.25, 0.3) is 31.1 Å². The van der Waals surface area contributed by atoms with Crippen molar-refractivity contribution in [3.8, 4) is 0 Å². The maximum Gasteiger partial charge on any atom is 0.266 e.